The first-order chi connectivity index (χ1) is 9.74. The van der Waals surface area contributed by atoms with Crippen molar-refractivity contribution in [3.8, 4) is 5.75 Å². The van der Waals surface area contributed by atoms with E-state index in [1.807, 2.05) is 55.5 Å². The number of hydrogen-bond acceptors (Lipinski definition) is 3. The summed E-state index contributed by atoms with van der Waals surface area (Å²) in [6.07, 6.45) is 0. The third-order valence-corrected chi connectivity index (χ3v) is 3.15. The van der Waals surface area contributed by atoms with E-state index < -0.39 is 0 Å². The second kappa shape index (κ2) is 7.13. The highest BCUT2D eigenvalue weighted by molar-refractivity contribution is 6.61. The summed E-state index contributed by atoms with van der Waals surface area (Å²) in [5.41, 5.74) is 3.19. The van der Waals surface area contributed by atoms with Crippen LogP contribution in [0.4, 0.5) is 0 Å². The van der Waals surface area contributed by atoms with E-state index in [1.165, 1.54) is 0 Å². The number of rotatable bonds is 6. The van der Waals surface area contributed by atoms with Crippen molar-refractivity contribution in [1.29, 1.82) is 0 Å². The molecule has 20 heavy (non-hydrogen) atoms. The van der Waals surface area contributed by atoms with Crippen molar-refractivity contribution < 1.29 is 14.0 Å². The van der Waals surface area contributed by atoms with Crippen LogP contribution in [0.1, 0.15) is 11.1 Å². The van der Waals surface area contributed by atoms with Gasteiger partial charge >= 0.3 is 7.12 Å². The van der Waals surface area contributed by atoms with Crippen molar-refractivity contribution in [2.24, 2.45) is 0 Å². The minimum absolute atomic E-state index is 0.366. The normalized spacial score (nSPS) is 10.3. The molecule has 0 saturated carbocycles. The largest absolute Gasteiger partial charge is 0.493 e. The minimum atomic E-state index is -0.366. The monoisotopic (exact) mass is 270 g/mol. The van der Waals surface area contributed by atoms with Crippen LogP contribution in [0.2, 0.25) is 0 Å². The Labute approximate surface area is 120 Å². The molecule has 2 aromatic carbocycles. The molecule has 0 heterocycles. The Morgan fingerprint density at radius 3 is 2.30 bits per heavy atom. The molecule has 3 nitrogen and oxygen atoms in total. The predicted octanol–water partition coefficient (Wildman–Crippen LogP) is 2.56. The van der Waals surface area contributed by atoms with Crippen LogP contribution in [0.15, 0.2) is 48.5 Å². The summed E-state index contributed by atoms with van der Waals surface area (Å²) in [6, 6.07) is 16.1. The van der Waals surface area contributed by atoms with Crippen molar-refractivity contribution in [3.05, 3.63) is 59.7 Å². The summed E-state index contributed by atoms with van der Waals surface area (Å²) in [7, 11) is 2.88. The van der Waals surface area contributed by atoms with Crippen LogP contribution in [0.25, 0.3) is 0 Å². The van der Waals surface area contributed by atoms with Crippen molar-refractivity contribution >= 4 is 12.6 Å². The van der Waals surface area contributed by atoms with Gasteiger partial charge in [-0.3, -0.25) is 0 Å². The zero-order valence-corrected chi connectivity index (χ0v) is 12.1. The smallest absolute Gasteiger partial charge is 0.489 e. The Bertz CT molecular complexity index is 539. The second-order valence-electron chi connectivity index (χ2n) is 4.60. The highest BCUT2D eigenvalue weighted by atomic mass is 16.6. The van der Waals surface area contributed by atoms with E-state index in [9.17, 15) is 0 Å². The van der Waals surface area contributed by atoms with E-state index in [2.05, 4.69) is 0 Å². The highest BCUT2D eigenvalue weighted by Gasteiger charge is 2.19. The van der Waals surface area contributed by atoms with Gasteiger partial charge in [-0.1, -0.05) is 42.5 Å². The van der Waals surface area contributed by atoms with Crippen molar-refractivity contribution in [2.45, 2.75) is 13.5 Å². The quantitative estimate of drug-likeness (QED) is 0.755. The molecular weight excluding hydrogens is 251 g/mol. The van der Waals surface area contributed by atoms with Crippen LogP contribution in [0.5, 0.6) is 5.75 Å². The molecule has 0 bridgehead atoms. The molecule has 104 valence electrons. The molecule has 0 fully saturated rings. The van der Waals surface area contributed by atoms with Crippen LogP contribution in [-0.2, 0) is 15.9 Å². The van der Waals surface area contributed by atoms with E-state index in [0.29, 0.717) is 6.61 Å². The van der Waals surface area contributed by atoms with Gasteiger partial charge in [-0.2, -0.15) is 0 Å². The molecule has 0 unspecified atom stereocenters. The predicted molar refractivity (Wildman–Crippen MR) is 81.4 cm³/mol. The van der Waals surface area contributed by atoms with Gasteiger partial charge in [-0.05, 0) is 29.6 Å². The first-order valence-electron chi connectivity index (χ1n) is 6.57. The lowest BCUT2D eigenvalue weighted by Crippen LogP contribution is -2.34. The summed E-state index contributed by atoms with van der Waals surface area (Å²) in [5, 5.41) is 0. The van der Waals surface area contributed by atoms with E-state index in [4.69, 9.17) is 14.0 Å². The molecule has 0 aliphatic rings. The minimum Gasteiger partial charge on any atom is -0.489 e. The molecule has 0 amide bonds. The van der Waals surface area contributed by atoms with E-state index in [0.717, 1.165) is 22.3 Å². The molecule has 2 rings (SSSR count). The SMILES string of the molecule is COB(OC)c1ccc(C)c(OCc2ccccc2)c1. The van der Waals surface area contributed by atoms with E-state index >= 15 is 0 Å². The topological polar surface area (TPSA) is 27.7 Å². The maximum Gasteiger partial charge on any atom is 0.493 e. The zero-order valence-electron chi connectivity index (χ0n) is 12.1. The van der Waals surface area contributed by atoms with Gasteiger partial charge < -0.3 is 14.0 Å². The fourth-order valence-electron chi connectivity index (χ4n) is 2.02. The Kier molecular flexibility index (Phi) is 5.21. The van der Waals surface area contributed by atoms with E-state index in [1.54, 1.807) is 14.2 Å². The van der Waals surface area contributed by atoms with Gasteiger partial charge in [-0.15, -0.1) is 0 Å². The third kappa shape index (κ3) is 3.62. The number of hydrogen-bond donors (Lipinski definition) is 0. The van der Waals surface area contributed by atoms with Crippen LogP contribution in [0, 0.1) is 6.92 Å². The zero-order chi connectivity index (χ0) is 14.4. The van der Waals surface area contributed by atoms with Gasteiger partial charge in [0.15, 0.2) is 0 Å². The first kappa shape index (κ1) is 14.6. The van der Waals surface area contributed by atoms with Crippen LogP contribution >= 0.6 is 0 Å². The molecule has 0 atom stereocenters. The van der Waals surface area contributed by atoms with Gasteiger partial charge in [0.1, 0.15) is 12.4 Å². The molecule has 0 radical (unpaired) electrons. The van der Waals surface area contributed by atoms with Crippen LogP contribution in [-0.4, -0.2) is 21.3 Å². The summed E-state index contributed by atoms with van der Waals surface area (Å²) in [6.45, 7) is 2.58. The van der Waals surface area contributed by atoms with Crippen molar-refractivity contribution in [2.75, 3.05) is 14.2 Å². The fourth-order valence-corrected chi connectivity index (χ4v) is 2.02. The average molecular weight is 270 g/mol. The van der Waals surface area contributed by atoms with Crippen LogP contribution in [0.3, 0.4) is 0 Å². The van der Waals surface area contributed by atoms with Crippen molar-refractivity contribution in [1.82, 2.24) is 0 Å². The summed E-state index contributed by atoms with van der Waals surface area (Å²) in [5.74, 6) is 0.852. The molecule has 0 aromatic heterocycles. The number of ether oxygens (including phenoxy) is 1. The molecule has 4 heteroatoms. The fraction of sp³-hybridized carbons (Fsp3) is 0.250. The molecule has 0 spiro atoms. The molecule has 0 saturated heterocycles. The summed E-state index contributed by atoms with van der Waals surface area (Å²) < 4.78 is 16.4. The lowest BCUT2D eigenvalue weighted by Gasteiger charge is -2.13. The maximum absolute atomic E-state index is 5.89. The van der Waals surface area contributed by atoms with Crippen molar-refractivity contribution in [3.63, 3.8) is 0 Å². The lowest BCUT2D eigenvalue weighted by molar-refractivity contribution is 0.290. The molecule has 0 N–H and O–H groups in total. The van der Waals surface area contributed by atoms with Gasteiger partial charge in [0.25, 0.3) is 0 Å². The molecule has 0 aliphatic carbocycles. The number of benzene rings is 2. The summed E-state index contributed by atoms with van der Waals surface area (Å²) in [4.78, 5) is 0. The van der Waals surface area contributed by atoms with E-state index in [-0.39, 0.29) is 7.12 Å². The highest BCUT2D eigenvalue weighted by Crippen LogP contribution is 2.17. The van der Waals surface area contributed by atoms with Crippen LogP contribution < -0.4 is 10.2 Å². The second-order valence-corrected chi connectivity index (χ2v) is 4.60. The van der Waals surface area contributed by atoms with Gasteiger partial charge in [0.2, 0.25) is 0 Å². The van der Waals surface area contributed by atoms with Gasteiger partial charge in [0, 0.05) is 14.2 Å². The van der Waals surface area contributed by atoms with Gasteiger partial charge in [0.05, 0.1) is 0 Å². The molecule has 2 aromatic rings. The van der Waals surface area contributed by atoms with Gasteiger partial charge in [-0.25, -0.2) is 0 Å². The Hall–Kier alpha value is -1.78. The average Bonchev–Trinajstić information content (AvgIpc) is 2.49. The molecular formula is C16H19BO3. The Balaban J connectivity index is 2.12. The lowest BCUT2D eigenvalue weighted by atomic mass is 9.78. The Morgan fingerprint density at radius 2 is 1.65 bits per heavy atom. The first-order valence-corrected chi connectivity index (χ1v) is 6.57. The standard InChI is InChI=1S/C16H19BO3/c1-13-9-10-15(17(18-2)19-3)11-16(13)20-12-14-7-5-4-6-8-14/h4-11H,12H2,1-3H3. The number of aryl methyl sites for hydroxylation is 1. The summed E-state index contributed by atoms with van der Waals surface area (Å²) >= 11 is 0. The molecule has 0 aliphatic heterocycles. The third-order valence-electron chi connectivity index (χ3n) is 3.15. The maximum atomic E-state index is 5.89. The Morgan fingerprint density at radius 1 is 0.950 bits per heavy atom.